The van der Waals surface area contributed by atoms with Gasteiger partial charge in [0.1, 0.15) is 11.2 Å². The van der Waals surface area contributed by atoms with Gasteiger partial charge in [-0.1, -0.05) is 24.3 Å². The maximum Gasteiger partial charge on any atom is 0.307 e. The smallest absolute Gasteiger partial charge is 0.307 e. The van der Waals surface area contributed by atoms with Crippen LogP contribution in [0.3, 0.4) is 0 Å². The largest absolute Gasteiger partial charge is 0.481 e. The van der Waals surface area contributed by atoms with Crippen LogP contribution in [0.2, 0.25) is 0 Å². The Bertz CT molecular complexity index is 924. The summed E-state index contributed by atoms with van der Waals surface area (Å²) in [5.74, 6) is -3.25. The molecule has 0 radical (unpaired) electrons. The molecule has 2 aromatic carbocycles. The summed E-state index contributed by atoms with van der Waals surface area (Å²) < 4.78 is 5.78. The van der Waals surface area contributed by atoms with E-state index in [2.05, 4.69) is 0 Å². The summed E-state index contributed by atoms with van der Waals surface area (Å²) in [4.78, 5) is 22.0. The SMILES string of the molecule is O=C(O)CC(Cc1ccc2c(c1)oc1cc(CO)ccc12)C(=O)O. The molecule has 6 heteroatoms. The zero-order chi connectivity index (χ0) is 17.3. The average molecular weight is 328 g/mol. The first-order valence-corrected chi connectivity index (χ1v) is 7.47. The summed E-state index contributed by atoms with van der Waals surface area (Å²) in [6.07, 6.45) is -0.302. The van der Waals surface area contributed by atoms with Gasteiger partial charge in [-0.15, -0.1) is 0 Å². The fourth-order valence-corrected chi connectivity index (χ4v) is 2.83. The van der Waals surface area contributed by atoms with Gasteiger partial charge in [0, 0.05) is 10.8 Å². The summed E-state index contributed by atoms with van der Waals surface area (Å²) >= 11 is 0. The van der Waals surface area contributed by atoms with Gasteiger partial charge in [-0.2, -0.15) is 0 Å². The molecule has 1 aromatic heterocycles. The van der Waals surface area contributed by atoms with Crippen molar-refractivity contribution in [1.82, 2.24) is 0 Å². The lowest BCUT2D eigenvalue weighted by molar-refractivity contribution is -0.148. The van der Waals surface area contributed by atoms with Crippen molar-refractivity contribution in [3.63, 3.8) is 0 Å². The Kier molecular flexibility index (Phi) is 4.22. The highest BCUT2D eigenvalue weighted by Crippen LogP contribution is 2.30. The Balaban J connectivity index is 1.97. The average Bonchev–Trinajstić information content (AvgIpc) is 2.90. The van der Waals surface area contributed by atoms with E-state index in [9.17, 15) is 14.7 Å². The van der Waals surface area contributed by atoms with E-state index in [0.717, 1.165) is 16.3 Å². The van der Waals surface area contributed by atoms with E-state index in [1.165, 1.54) is 0 Å². The first kappa shape index (κ1) is 16.0. The standard InChI is InChI=1S/C18H16O6/c19-9-11-2-4-14-13-3-1-10(6-15(13)24-16(14)7-11)5-12(18(22)23)8-17(20)21/h1-4,6-7,12,19H,5,8-9H2,(H,20,21)(H,22,23). The van der Waals surface area contributed by atoms with Gasteiger partial charge in [0.25, 0.3) is 0 Å². The molecule has 6 nitrogen and oxygen atoms in total. The molecule has 0 fully saturated rings. The molecule has 0 aliphatic heterocycles. The van der Waals surface area contributed by atoms with E-state index in [4.69, 9.17) is 14.6 Å². The molecule has 1 atom stereocenters. The summed E-state index contributed by atoms with van der Waals surface area (Å²) in [6, 6.07) is 10.8. The maximum absolute atomic E-state index is 11.2. The minimum absolute atomic E-state index is 0.0757. The van der Waals surface area contributed by atoms with Gasteiger partial charge < -0.3 is 19.7 Å². The third-order valence-electron chi connectivity index (χ3n) is 4.04. The molecule has 0 saturated heterocycles. The number of aliphatic hydroxyl groups is 1. The molecule has 0 aliphatic rings. The quantitative estimate of drug-likeness (QED) is 0.642. The van der Waals surface area contributed by atoms with Crippen LogP contribution < -0.4 is 0 Å². The van der Waals surface area contributed by atoms with Crippen molar-refractivity contribution < 1.29 is 29.3 Å². The van der Waals surface area contributed by atoms with Crippen LogP contribution in [0, 0.1) is 5.92 Å². The monoisotopic (exact) mass is 328 g/mol. The lowest BCUT2D eigenvalue weighted by atomic mass is 9.95. The first-order valence-electron chi connectivity index (χ1n) is 7.47. The zero-order valence-corrected chi connectivity index (χ0v) is 12.7. The number of rotatable bonds is 6. The first-order chi connectivity index (χ1) is 11.5. The second kappa shape index (κ2) is 6.33. The summed E-state index contributed by atoms with van der Waals surface area (Å²) in [5, 5.41) is 29.0. The van der Waals surface area contributed by atoms with E-state index >= 15 is 0 Å². The molecule has 1 unspecified atom stereocenters. The molecule has 3 aromatic rings. The number of aliphatic carboxylic acids is 2. The van der Waals surface area contributed by atoms with E-state index < -0.39 is 24.3 Å². The molecule has 3 N–H and O–H groups in total. The van der Waals surface area contributed by atoms with E-state index in [1.807, 2.05) is 18.2 Å². The Morgan fingerprint density at radius 1 is 0.958 bits per heavy atom. The molecule has 3 rings (SSSR count). The summed E-state index contributed by atoms with van der Waals surface area (Å²) in [6.45, 7) is -0.0757. The van der Waals surface area contributed by atoms with Crippen molar-refractivity contribution in [3.05, 3.63) is 47.5 Å². The van der Waals surface area contributed by atoms with Crippen molar-refractivity contribution in [2.45, 2.75) is 19.4 Å². The number of aliphatic hydroxyl groups excluding tert-OH is 1. The number of fused-ring (bicyclic) bond motifs is 3. The zero-order valence-electron chi connectivity index (χ0n) is 12.7. The van der Waals surface area contributed by atoms with Crippen LogP contribution in [0.4, 0.5) is 0 Å². The van der Waals surface area contributed by atoms with Gasteiger partial charge in [0.2, 0.25) is 0 Å². The van der Waals surface area contributed by atoms with Crippen LogP contribution in [0.15, 0.2) is 40.8 Å². The van der Waals surface area contributed by atoms with Gasteiger partial charge in [-0.3, -0.25) is 9.59 Å². The Morgan fingerprint density at radius 3 is 2.08 bits per heavy atom. The number of carboxylic acids is 2. The van der Waals surface area contributed by atoms with Gasteiger partial charge in [0.05, 0.1) is 18.9 Å². The third kappa shape index (κ3) is 3.09. The molecule has 1 heterocycles. The molecule has 0 aliphatic carbocycles. The van der Waals surface area contributed by atoms with Gasteiger partial charge >= 0.3 is 11.9 Å². The number of hydrogen-bond donors (Lipinski definition) is 3. The van der Waals surface area contributed by atoms with Gasteiger partial charge in [-0.05, 0) is 29.7 Å². The van der Waals surface area contributed by atoms with Crippen LogP contribution in [0.25, 0.3) is 21.9 Å². The van der Waals surface area contributed by atoms with Gasteiger partial charge in [-0.25, -0.2) is 0 Å². The fraction of sp³-hybridized carbons (Fsp3) is 0.222. The van der Waals surface area contributed by atoms with Crippen molar-refractivity contribution >= 4 is 33.9 Å². The predicted molar refractivity (Wildman–Crippen MR) is 86.7 cm³/mol. The minimum atomic E-state index is -1.14. The molecule has 124 valence electrons. The molecule has 0 amide bonds. The van der Waals surface area contributed by atoms with E-state index in [1.54, 1.807) is 18.2 Å². The lowest BCUT2D eigenvalue weighted by Crippen LogP contribution is -2.20. The molecule has 0 bridgehead atoms. The number of hydrogen-bond acceptors (Lipinski definition) is 4. The number of benzene rings is 2. The highest BCUT2D eigenvalue weighted by Gasteiger charge is 2.22. The highest BCUT2D eigenvalue weighted by atomic mass is 16.4. The molecular weight excluding hydrogens is 312 g/mol. The number of carbonyl (C=O) groups is 2. The second-order valence-electron chi connectivity index (χ2n) is 5.76. The Hall–Kier alpha value is -2.86. The number of carboxylic acid groups (broad SMARTS) is 2. The minimum Gasteiger partial charge on any atom is -0.481 e. The van der Waals surface area contributed by atoms with Crippen LogP contribution >= 0.6 is 0 Å². The van der Waals surface area contributed by atoms with Gasteiger partial charge in [0.15, 0.2) is 0 Å². The fourth-order valence-electron chi connectivity index (χ4n) is 2.83. The third-order valence-corrected chi connectivity index (χ3v) is 4.04. The van der Waals surface area contributed by atoms with Crippen molar-refractivity contribution in [2.75, 3.05) is 0 Å². The number of furan rings is 1. The normalized spacial score (nSPS) is 12.5. The molecule has 0 spiro atoms. The second-order valence-corrected chi connectivity index (χ2v) is 5.76. The van der Waals surface area contributed by atoms with Crippen LogP contribution in [-0.4, -0.2) is 27.3 Å². The maximum atomic E-state index is 11.2. The molecule has 0 saturated carbocycles. The van der Waals surface area contributed by atoms with E-state index in [-0.39, 0.29) is 13.0 Å². The van der Waals surface area contributed by atoms with Crippen LogP contribution in [0.5, 0.6) is 0 Å². The highest BCUT2D eigenvalue weighted by molar-refractivity contribution is 6.05. The van der Waals surface area contributed by atoms with Crippen molar-refractivity contribution in [2.24, 2.45) is 5.92 Å². The predicted octanol–water partition coefficient (Wildman–Crippen LogP) is 2.80. The van der Waals surface area contributed by atoms with E-state index in [0.29, 0.717) is 16.7 Å². The topological polar surface area (TPSA) is 108 Å². The molecular formula is C18H16O6. The van der Waals surface area contributed by atoms with Crippen molar-refractivity contribution in [3.8, 4) is 0 Å². The molecule has 24 heavy (non-hydrogen) atoms. The lowest BCUT2D eigenvalue weighted by Gasteiger charge is -2.09. The Morgan fingerprint density at radius 2 is 1.54 bits per heavy atom. The van der Waals surface area contributed by atoms with Crippen LogP contribution in [0.1, 0.15) is 17.5 Å². The summed E-state index contributed by atoms with van der Waals surface area (Å²) in [5.41, 5.74) is 2.71. The Labute approximate surface area is 136 Å². The van der Waals surface area contributed by atoms with Crippen LogP contribution in [-0.2, 0) is 22.6 Å². The summed E-state index contributed by atoms with van der Waals surface area (Å²) in [7, 11) is 0. The van der Waals surface area contributed by atoms with Crippen molar-refractivity contribution in [1.29, 1.82) is 0 Å².